The third kappa shape index (κ3) is 2.92. The van der Waals surface area contributed by atoms with Crippen molar-refractivity contribution in [2.24, 2.45) is 11.8 Å². The van der Waals surface area contributed by atoms with Gasteiger partial charge in [-0.2, -0.15) is 0 Å². The molecule has 3 aliphatic rings. The highest BCUT2D eigenvalue weighted by atomic mass is 14.8. The van der Waals surface area contributed by atoms with Crippen molar-refractivity contribution in [2.45, 2.75) is 12.8 Å². The third-order valence-electron chi connectivity index (χ3n) is 3.60. The second-order valence-corrected chi connectivity index (χ2v) is 5.14. The molecule has 1 heterocycles. The first kappa shape index (κ1) is 11.3. The summed E-state index contributed by atoms with van der Waals surface area (Å²) in [5.74, 6) is 1.59. The summed E-state index contributed by atoms with van der Waals surface area (Å²) in [5, 5.41) is 3.19. The van der Waals surface area contributed by atoms with Gasteiger partial charge in [0.25, 0.3) is 0 Å². The quantitative estimate of drug-likeness (QED) is 0.772. The molecule has 2 atom stereocenters. The minimum absolute atomic E-state index is 0.788. The fourth-order valence-electron chi connectivity index (χ4n) is 2.48. The van der Waals surface area contributed by atoms with Crippen molar-refractivity contribution in [3.8, 4) is 0 Å². The van der Waals surface area contributed by atoms with E-state index in [0.29, 0.717) is 0 Å². The predicted octanol–water partition coefficient (Wildman–Crippen LogP) is 3.66. The molecule has 1 fully saturated rings. The van der Waals surface area contributed by atoms with E-state index in [-0.39, 0.29) is 0 Å². The Balaban J connectivity index is 1.75. The molecule has 3 rings (SSSR count). The molecule has 1 saturated carbocycles. The molecule has 0 aromatic carbocycles. The van der Waals surface area contributed by atoms with Crippen molar-refractivity contribution in [3.05, 3.63) is 72.0 Å². The van der Waals surface area contributed by atoms with E-state index in [1.54, 1.807) is 0 Å². The van der Waals surface area contributed by atoms with Crippen LogP contribution in [0.25, 0.3) is 0 Å². The first-order valence-electron chi connectivity index (χ1n) is 6.73. The number of nitrogens with one attached hydrogen (secondary N) is 1. The molecule has 2 unspecified atom stereocenters. The molecule has 92 valence electrons. The van der Waals surface area contributed by atoms with Crippen LogP contribution in [0.1, 0.15) is 12.8 Å². The maximum atomic E-state index is 3.19. The Labute approximate surface area is 109 Å². The summed E-state index contributed by atoms with van der Waals surface area (Å²) in [6.45, 7) is 0.913. The van der Waals surface area contributed by atoms with Gasteiger partial charge in [0.1, 0.15) is 0 Å². The summed E-state index contributed by atoms with van der Waals surface area (Å²) in [6.07, 6.45) is 24.5. The summed E-state index contributed by atoms with van der Waals surface area (Å²) >= 11 is 0. The van der Waals surface area contributed by atoms with Crippen molar-refractivity contribution in [1.29, 1.82) is 0 Å². The zero-order valence-electron chi connectivity index (χ0n) is 10.5. The van der Waals surface area contributed by atoms with Crippen LogP contribution >= 0.6 is 0 Å². The summed E-state index contributed by atoms with van der Waals surface area (Å²) < 4.78 is 0. The zero-order chi connectivity index (χ0) is 12.2. The van der Waals surface area contributed by atoms with Crippen molar-refractivity contribution in [3.63, 3.8) is 0 Å². The largest absolute Gasteiger partial charge is 0.387 e. The summed E-state index contributed by atoms with van der Waals surface area (Å²) in [5.41, 5.74) is 2.83. The van der Waals surface area contributed by atoms with E-state index in [0.717, 1.165) is 24.8 Å². The van der Waals surface area contributed by atoms with Crippen LogP contribution in [0, 0.1) is 11.8 Å². The molecule has 0 amide bonds. The first-order valence-corrected chi connectivity index (χ1v) is 6.73. The molecule has 2 aliphatic carbocycles. The minimum Gasteiger partial charge on any atom is -0.387 e. The van der Waals surface area contributed by atoms with Crippen LogP contribution in [0.3, 0.4) is 0 Å². The third-order valence-corrected chi connectivity index (χ3v) is 3.60. The number of hydrogen-bond acceptors (Lipinski definition) is 1. The van der Waals surface area contributed by atoms with Crippen molar-refractivity contribution < 1.29 is 0 Å². The lowest BCUT2D eigenvalue weighted by molar-refractivity contribution is 0.965. The standard InChI is InChI=1S/C17H19N/c1-2-8-16-13-17(16)12-15(5-1)11-14-6-3-9-18-10-4-7-14/h1-9,12,16-18H,10-11,13H2/b5-1-,7-4-,8-2+,9-3-,14-6+,15-12+. The molecular formula is C17H19N. The summed E-state index contributed by atoms with van der Waals surface area (Å²) in [6, 6.07) is 0. The summed E-state index contributed by atoms with van der Waals surface area (Å²) in [4.78, 5) is 0. The van der Waals surface area contributed by atoms with E-state index in [2.05, 4.69) is 60.0 Å². The van der Waals surface area contributed by atoms with E-state index < -0.39 is 0 Å². The van der Waals surface area contributed by atoms with Crippen LogP contribution < -0.4 is 5.32 Å². The molecule has 1 aliphatic heterocycles. The molecule has 1 heteroatoms. The SMILES string of the molecule is C1=C/NC\C=C/C(CC2=C/C3CC3/C=C/C=C\2)=C\1. The number of fused-ring (bicyclic) bond motifs is 1. The molecule has 18 heavy (non-hydrogen) atoms. The fraction of sp³-hybridized carbons (Fsp3) is 0.294. The van der Waals surface area contributed by atoms with Gasteiger partial charge in [-0.1, -0.05) is 48.6 Å². The van der Waals surface area contributed by atoms with Gasteiger partial charge in [-0.25, -0.2) is 0 Å². The highest BCUT2D eigenvalue weighted by Crippen LogP contribution is 2.42. The molecule has 1 nitrogen and oxygen atoms in total. The Hall–Kier alpha value is -1.76. The maximum absolute atomic E-state index is 3.19. The highest BCUT2D eigenvalue weighted by Gasteiger charge is 2.32. The zero-order valence-corrected chi connectivity index (χ0v) is 10.5. The van der Waals surface area contributed by atoms with Crippen LogP contribution in [-0.4, -0.2) is 6.54 Å². The van der Waals surface area contributed by atoms with Gasteiger partial charge in [0.2, 0.25) is 0 Å². The Morgan fingerprint density at radius 3 is 3.06 bits per heavy atom. The molecule has 0 radical (unpaired) electrons. The first-order chi connectivity index (χ1) is 8.92. The average molecular weight is 237 g/mol. The average Bonchev–Trinajstić information content (AvgIpc) is 3.01. The van der Waals surface area contributed by atoms with Gasteiger partial charge in [0.15, 0.2) is 0 Å². The van der Waals surface area contributed by atoms with Crippen LogP contribution in [0.5, 0.6) is 0 Å². The van der Waals surface area contributed by atoms with Gasteiger partial charge in [-0.3, -0.25) is 0 Å². The van der Waals surface area contributed by atoms with E-state index in [9.17, 15) is 0 Å². The Bertz CT molecular complexity index is 486. The van der Waals surface area contributed by atoms with E-state index in [1.807, 2.05) is 6.20 Å². The van der Waals surface area contributed by atoms with Crippen molar-refractivity contribution in [2.75, 3.05) is 6.54 Å². The maximum Gasteiger partial charge on any atom is 0.0328 e. The van der Waals surface area contributed by atoms with Crippen LogP contribution in [0.4, 0.5) is 0 Å². The van der Waals surface area contributed by atoms with Crippen molar-refractivity contribution in [1.82, 2.24) is 5.32 Å². The number of allylic oxidation sites excluding steroid dienone is 10. The molecule has 0 bridgehead atoms. The van der Waals surface area contributed by atoms with Gasteiger partial charge in [0, 0.05) is 6.54 Å². The lowest BCUT2D eigenvalue weighted by atomic mass is 10.0. The summed E-state index contributed by atoms with van der Waals surface area (Å²) in [7, 11) is 0. The van der Waals surface area contributed by atoms with E-state index in [4.69, 9.17) is 0 Å². The van der Waals surface area contributed by atoms with Gasteiger partial charge in [-0.15, -0.1) is 0 Å². The molecule has 0 spiro atoms. The second-order valence-electron chi connectivity index (χ2n) is 5.14. The lowest BCUT2D eigenvalue weighted by Gasteiger charge is -2.07. The molecule has 0 saturated heterocycles. The molecule has 0 aromatic heterocycles. The number of hydrogen-bond donors (Lipinski definition) is 1. The topological polar surface area (TPSA) is 12.0 Å². The Morgan fingerprint density at radius 2 is 2.06 bits per heavy atom. The number of rotatable bonds is 2. The minimum atomic E-state index is 0.788. The fourth-order valence-corrected chi connectivity index (χ4v) is 2.48. The van der Waals surface area contributed by atoms with Crippen LogP contribution in [0.15, 0.2) is 72.0 Å². The van der Waals surface area contributed by atoms with Crippen LogP contribution in [0.2, 0.25) is 0 Å². The predicted molar refractivity (Wildman–Crippen MR) is 76.9 cm³/mol. The van der Waals surface area contributed by atoms with E-state index in [1.165, 1.54) is 17.6 Å². The molecular weight excluding hydrogens is 218 g/mol. The second kappa shape index (κ2) is 5.26. The van der Waals surface area contributed by atoms with E-state index >= 15 is 0 Å². The smallest absolute Gasteiger partial charge is 0.0328 e. The monoisotopic (exact) mass is 237 g/mol. The van der Waals surface area contributed by atoms with Crippen molar-refractivity contribution >= 4 is 0 Å². The molecule has 1 N–H and O–H groups in total. The highest BCUT2D eigenvalue weighted by molar-refractivity contribution is 5.37. The normalized spacial score (nSPS) is 42.0. The van der Waals surface area contributed by atoms with Gasteiger partial charge >= 0.3 is 0 Å². The Kier molecular flexibility index (Phi) is 3.31. The lowest BCUT2D eigenvalue weighted by Crippen LogP contribution is -2.04. The molecule has 0 aromatic rings. The van der Waals surface area contributed by atoms with Gasteiger partial charge in [0.05, 0.1) is 0 Å². The van der Waals surface area contributed by atoms with Gasteiger partial charge < -0.3 is 5.32 Å². The van der Waals surface area contributed by atoms with Crippen LogP contribution in [-0.2, 0) is 0 Å². The Morgan fingerprint density at radius 1 is 1.06 bits per heavy atom. The van der Waals surface area contributed by atoms with Gasteiger partial charge in [-0.05, 0) is 48.1 Å².